The number of allylic oxidation sites excluding steroid dienone is 2. The van der Waals surface area contributed by atoms with E-state index in [-0.39, 0.29) is 17.6 Å². The quantitative estimate of drug-likeness (QED) is 0.564. The van der Waals surface area contributed by atoms with E-state index in [1.54, 1.807) is 6.92 Å². The van der Waals surface area contributed by atoms with Gasteiger partial charge in [-0.05, 0) is 59.3 Å². The number of Topliss-reactive ketones (excluding diaryl/α,β-unsaturated/α-hetero) is 1. The number of carbonyl (C=O) groups is 2. The van der Waals surface area contributed by atoms with Crippen molar-refractivity contribution >= 4 is 11.8 Å². The summed E-state index contributed by atoms with van der Waals surface area (Å²) in [5, 5.41) is 9.19. The summed E-state index contributed by atoms with van der Waals surface area (Å²) in [5.74, 6) is -0.849. The molecule has 2 saturated heterocycles. The zero-order valence-corrected chi connectivity index (χ0v) is 17.5. The van der Waals surface area contributed by atoms with Gasteiger partial charge in [0.15, 0.2) is 0 Å². The third kappa shape index (κ3) is 5.64. The van der Waals surface area contributed by atoms with E-state index in [1.165, 1.54) is 5.57 Å². The summed E-state index contributed by atoms with van der Waals surface area (Å²) < 4.78 is 12.6. The molecular formula is C22H36O5. The maximum atomic E-state index is 12.2. The Labute approximate surface area is 163 Å². The van der Waals surface area contributed by atoms with Crippen LogP contribution in [0.1, 0.15) is 79.6 Å². The van der Waals surface area contributed by atoms with E-state index >= 15 is 0 Å². The van der Waals surface area contributed by atoms with Crippen molar-refractivity contribution in [3.8, 4) is 0 Å². The summed E-state index contributed by atoms with van der Waals surface area (Å²) in [4.78, 5) is 23.4. The molecule has 1 N–H and O–H groups in total. The molecule has 2 unspecified atom stereocenters. The first-order valence-corrected chi connectivity index (χ1v) is 10.3. The van der Waals surface area contributed by atoms with Crippen molar-refractivity contribution < 1.29 is 24.2 Å². The van der Waals surface area contributed by atoms with Gasteiger partial charge in [-0.15, -0.1) is 0 Å². The highest BCUT2D eigenvalue weighted by atomic mass is 16.6. The first kappa shape index (κ1) is 22.1. The van der Waals surface area contributed by atoms with Crippen LogP contribution in [0.25, 0.3) is 0 Å². The molecule has 0 radical (unpaired) electrons. The van der Waals surface area contributed by atoms with E-state index in [4.69, 9.17) is 9.47 Å². The van der Waals surface area contributed by atoms with Gasteiger partial charge in [0.1, 0.15) is 5.78 Å². The molecule has 0 aromatic heterocycles. The lowest BCUT2D eigenvalue weighted by Crippen LogP contribution is -2.53. The number of rotatable bonds is 10. The maximum absolute atomic E-state index is 12.2. The average Bonchev–Trinajstić information content (AvgIpc) is 2.97. The largest absolute Gasteiger partial charge is 0.481 e. The highest BCUT2D eigenvalue weighted by Gasteiger charge is 2.54. The summed E-state index contributed by atoms with van der Waals surface area (Å²) in [5.41, 5.74) is 0.405. The molecule has 0 spiro atoms. The fraction of sp³-hybridized carbons (Fsp3) is 0.818. The Kier molecular flexibility index (Phi) is 7.26. The van der Waals surface area contributed by atoms with E-state index in [9.17, 15) is 14.7 Å². The Hall–Kier alpha value is -1.20. The predicted octanol–water partition coefficient (Wildman–Crippen LogP) is 4.54. The predicted molar refractivity (Wildman–Crippen MR) is 105 cm³/mol. The third-order valence-corrected chi connectivity index (χ3v) is 6.27. The molecule has 0 aromatic rings. The Morgan fingerprint density at radius 2 is 1.96 bits per heavy atom. The Bertz CT molecular complexity index is 579. The number of ether oxygens (including phenoxy) is 2. The van der Waals surface area contributed by atoms with Gasteiger partial charge in [0.25, 0.3) is 0 Å². The van der Waals surface area contributed by atoms with Crippen molar-refractivity contribution in [2.75, 3.05) is 6.61 Å². The van der Waals surface area contributed by atoms with Crippen molar-refractivity contribution in [3.63, 3.8) is 0 Å². The molecule has 2 bridgehead atoms. The van der Waals surface area contributed by atoms with Crippen LogP contribution >= 0.6 is 0 Å². The van der Waals surface area contributed by atoms with Crippen LogP contribution in [0, 0.1) is 11.8 Å². The number of hydrogen-bond acceptors (Lipinski definition) is 4. The Morgan fingerprint density at radius 1 is 1.26 bits per heavy atom. The fourth-order valence-electron chi connectivity index (χ4n) is 4.25. The van der Waals surface area contributed by atoms with E-state index in [1.807, 2.05) is 26.8 Å². The zero-order chi connectivity index (χ0) is 20.2. The Balaban J connectivity index is 1.82. The zero-order valence-electron chi connectivity index (χ0n) is 17.5. The molecule has 0 amide bonds. The molecule has 2 aliphatic rings. The highest BCUT2D eigenvalue weighted by Crippen LogP contribution is 2.47. The SMILES string of the molecule is CC(C)=CCC(=O)C(C)CCC[C@]1(C)OC[C@]2(CC(C)C(=O)O)CC[C@H]1O2. The van der Waals surface area contributed by atoms with E-state index in [2.05, 4.69) is 6.92 Å². The second-order valence-electron chi connectivity index (χ2n) is 9.12. The monoisotopic (exact) mass is 380 g/mol. The molecule has 2 heterocycles. The van der Waals surface area contributed by atoms with Crippen LogP contribution in [-0.4, -0.2) is 40.8 Å². The van der Waals surface area contributed by atoms with Gasteiger partial charge in [0.05, 0.1) is 29.8 Å². The summed E-state index contributed by atoms with van der Waals surface area (Å²) in [6.45, 7) is 10.3. The van der Waals surface area contributed by atoms with Crippen molar-refractivity contribution in [1.29, 1.82) is 0 Å². The van der Waals surface area contributed by atoms with E-state index < -0.39 is 17.5 Å². The second kappa shape index (κ2) is 8.87. The number of carboxylic acid groups (broad SMARTS) is 1. The van der Waals surface area contributed by atoms with Gasteiger partial charge >= 0.3 is 5.97 Å². The van der Waals surface area contributed by atoms with Gasteiger partial charge < -0.3 is 14.6 Å². The number of fused-ring (bicyclic) bond motifs is 2. The molecule has 5 atom stereocenters. The van der Waals surface area contributed by atoms with Crippen molar-refractivity contribution in [1.82, 2.24) is 0 Å². The van der Waals surface area contributed by atoms with Crippen LogP contribution in [0.5, 0.6) is 0 Å². The van der Waals surface area contributed by atoms with Gasteiger partial charge in [0, 0.05) is 12.3 Å². The van der Waals surface area contributed by atoms with Crippen molar-refractivity contribution in [3.05, 3.63) is 11.6 Å². The normalized spacial score (nSPS) is 32.0. The summed E-state index contributed by atoms with van der Waals surface area (Å²) >= 11 is 0. The van der Waals surface area contributed by atoms with Crippen LogP contribution in [0.3, 0.4) is 0 Å². The lowest BCUT2D eigenvalue weighted by molar-refractivity contribution is -0.245. The molecule has 5 nitrogen and oxygen atoms in total. The summed E-state index contributed by atoms with van der Waals surface area (Å²) in [6, 6.07) is 0. The molecule has 0 aliphatic carbocycles. The lowest BCUT2D eigenvalue weighted by atomic mass is 9.88. The van der Waals surface area contributed by atoms with Crippen molar-refractivity contribution in [2.24, 2.45) is 11.8 Å². The molecule has 27 heavy (non-hydrogen) atoms. The molecule has 2 fully saturated rings. The van der Waals surface area contributed by atoms with Crippen molar-refractivity contribution in [2.45, 2.75) is 96.9 Å². The highest BCUT2D eigenvalue weighted by molar-refractivity contribution is 5.82. The van der Waals surface area contributed by atoms with Gasteiger partial charge in [-0.3, -0.25) is 9.59 Å². The van der Waals surface area contributed by atoms with Gasteiger partial charge in [-0.2, -0.15) is 0 Å². The van der Waals surface area contributed by atoms with Gasteiger partial charge in [0.2, 0.25) is 0 Å². The minimum absolute atomic E-state index is 0.0175. The third-order valence-electron chi connectivity index (χ3n) is 6.27. The summed E-state index contributed by atoms with van der Waals surface area (Å²) in [6.07, 6.45) is 7.47. The first-order chi connectivity index (χ1) is 12.6. The molecular weight excluding hydrogens is 344 g/mol. The molecule has 0 aromatic carbocycles. The molecule has 2 aliphatic heterocycles. The minimum Gasteiger partial charge on any atom is -0.481 e. The van der Waals surface area contributed by atoms with Crippen LogP contribution in [0.4, 0.5) is 0 Å². The average molecular weight is 381 g/mol. The topological polar surface area (TPSA) is 72.8 Å². The van der Waals surface area contributed by atoms with E-state index in [0.29, 0.717) is 25.2 Å². The van der Waals surface area contributed by atoms with E-state index in [0.717, 1.165) is 32.1 Å². The van der Waals surface area contributed by atoms with Crippen LogP contribution < -0.4 is 0 Å². The fourth-order valence-corrected chi connectivity index (χ4v) is 4.25. The second-order valence-corrected chi connectivity index (χ2v) is 9.12. The molecule has 5 heteroatoms. The minimum atomic E-state index is -0.781. The molecule has 154 valence electrons. The number of carbonyl (C=O) groups excluding carboxylic acids is 1. The number of ketones is 1. The number of hydrogen-bond donors (Lipinski definition) is 1. The van der Waals surface area contributed by atoms with Crippen LogP contribution in [0.2, 0.25) is 0 Å². The van der Waals surface area contributed by atoms with Crippen LogP contribution in [-0.2, 0) is 19.1 Å². The smallest absolute Gasteiger partial charge is 0.306 e. The van der Waals surface area contributed by atoms with Crippen LogP contribution in [0.15, 0.2) is 11.6 Å². The lowest BCUT2D eigenvalue weighted by Gasteiger charge is -2.45. The Morgan fingerprint density at radius 3 is 2.59 bits per heavy atom. The maximum Gasteiger partial charge on any atom is 0.306 e. The number of carboxylic acids is 1. The van der Waals surface area contributed by atoms with Gasteiger partial charge in [-0.25, -0.2) is 0 Å². The molecule has 0 saturated carbocycles. The summed E-state index contributed by atoms with van der Waals surface area (Å²) in [7, 11) is 0. The first-order valence-electron chi connectivity index (χ1n) is 10.3. The van der Waals surface area contributed by atoms with Gasteiger partial charge in [-0.1, -0.05) is 25.5 Å². The molecule has 2 rings (SSSR count). The number of aliphatic carboxylic acids is 1. The standard InChI is InChI=1S/C22H36O5/c1-15(2)8-9-18(23)16(3)7-6-11-21(5)19-10-12-22(27-19,14-26-21)13-17(4)20(24)25/h8,16-17,19H,6-7,9-14H2,1-5H3,(H,24,25)/t16?,17?,19-,21+,22-/m1/s1.